The maximum Gasteiger partial charge on any atom is 0.0563 e. The molecule has 0 atom stereocenters. The normalized spacial score (nSPS) is 12.8. The molecule has 0 aliphatic rings. The van der Waals surface area contributed by atoms with Crippen molar-refractivity contribution in [2.75, 3.05) is 0 Å². The fraction of sp³-hybridized carbons (Fsp3) is 0.400. The molecule has 0 nitrogen and oxygen atoms in total. The summed E-state index contributed by atoms with van der Waals surface area (Å²) in [5.41, 5.74) is 8.70. The summed E-state index contributed by atoms with van der Waals surface area (Å²) in [6.45, 7) is 20.4. The van der Waals surface area contributed by atoms with Gasteiger partial charge in [0, 0.05) is 11.1 Å². The highest BCUT2D eigenvalue weighted by Crippen LogP contribution is 2.45. The minimum Gasteiger partial charge on any atom is -0.0830 e. The Kier molecular flexibility index (Phi) is 6.20. The topological polar surface area (TPSA) is 0 Å². The molecule has 3 aromatic rings. The predicted molar refractivity (Wildman–Crippen MR) is 138 cm³/mol. The summed E-state index contributed by atoms with van der Waals surface area (Å²) in [4.78, 5) is 0. The van der Waals surface area contributed by atoms with Crippen molar-refractivity contribution in [2.45, 2.75) is 78.6 Å². The maximum atomic E-state index is 7.24. The first-order valence-corrected chi connectivity index (χ1v) is 11.6. The molecule has 0 unspecified atom stereocenters. The average molecular weight is 433 g/mol. The summed E-state index contributed by atoms with van der Waals surface area (Å²) >= 11 is 7.24. The van der Waals surface area contributed by atoms with Gasteiger partial charge < -0.3 is 0 Å². The number of halogens is 1. The van der Waals surface area contributed by atoms with Crippen LogP contribution in [0.2, 0.25) is 5.02 Å². The highest BCUT2D eigenvalue weighted by molar-refractivity contribution is 6.36. The molecular formula is C30H37Cl. The van der Waals surface area contributed by atoms with Crippen LogP contribution in [0.1, 0.15) is 79.0 Å². The van der Waals surface area contributed by atoms with Crippen molar-refractivity contribution in [1.29, 1.82) is 0 Å². The molecule has 3 rings (SSSR count). The summed E-state index contributed by atoms with van der Waals surface area (Å²) in [5.74, 6) is 0. The van der Waals surface area contributed by atoms with E-state index in [9.17, 15) is 0 Å². The summed E-state index contributed by atoms with van der Waals surface area (Å²) in [6, 6.07) is 22.0. The van der Waals surface area contributed by atoms with Gasteiger partial charge in [-0.1, -0.05) is 122 Å². The van der Waals surface area contributed by atoms with Crippen molar-refractivity contribution in [1.82, 2.24) is 0 Å². The molecule has 164 valence electrons. The largest absolute Gasteiger partial charge is 0.0830 e. The van der Waals surface area contributed by atoms with E-state index >= 15 is 0 Å². The summed E-state index contributed by atoms with van der Waals surface area (Å²) in [6.07, 6.45) is 0. The van der Waals surface area contributed by atoms with Gasteiger partial charge in [0.25, 0.3) is 0 Å². The molecule has 0 amide bonds. The van der Waals surface area contributed by atoms with E-state index in [2.05, 4.69) is 123 Å². The van der Waals surface area contributed by atoms with Crippen LogP contribution in [-0.2, 0) is 16.2 Å². The Morgan fingerprint density at radius 3 is 1.16 bits per heavy atom. The third kappa shape index (κ3) is 4.90. The van der Waals surface area contributed by atoms with Gasteiger partial charge in [-0.3, -0.25) is 0 Å². The zero-order valence-electron chi connectivity index (χ0n) is 20.7. The second-order valence-electron chi connectivity index (χ2n) is 11.7. The first-order valence-electron chi connectivity index (χ1n) is 11.2. The second-order valence-corrected chi connectivity index (χ2v) is 12.1. The van der Waals surface area contributed by atoms with Gasteiger partial charge >= 0.3 is 0 Å². The van der Waals surface area contributed by atoms with E-state index in [4.69, 9.17) is 11.6 Å². The molecule has 1 heteroatoms. The van der Waals surface area contributed by atoms with Crippen LogP contribution in [-0.4, -0.2) is 0 Å². The summed E-state index contributed by atoms with van der Waals surface area (Å²) in [7, 11) is 0. The lowest BCUT2D eigenvalue weighted by Crippen LogP contribution is -2.15. The minimum atomic E-state index is 0.0153. The van der Waals surface area contributed by atoms with Crippen LogP contribution in [0, 0.1) is 0 Å². The Morgan fingerprint density at radius 1 is 0.484 bits per heavy atom. The third-order valence-corrected chi connectivity index (χ3v) is 6.40. The smallest absolute Gasteiger partial charge is 0.0563 e. The highest BCUT2D eigenvalue weighted by Gasteiger charge is 2.26. The first-order chi connectivity index (χ1) is 14.2. The van der Waals surface area contributed by atoms with E-state index in [1.807, 2.05) is 0 Å². The van der Waals surface area contributed by atoms with E-state index in [0.29, 0.717) is 0 Å². The number of hydrogen-bond acceptors (Lipinski definition) is 0. The standard InChI is InChI=1S/C30H37Cl/c1-28(2,3)20-18-23(21-14-10-12-16-25(21)29(4,5)6)27(31)24(19-20)22-15-11-13-17-26(22)30(7,8)9/h10-19H,1-9H3. The molecule has 0 saturated carbocycles. The predicted octanol–water partition coefficient (Wildman–Crippen LogP) is 9.57. The van der Waals surface area contributed by atoms with E-state index < -0.39 is 0 Å². The van der Waals surface area contributed by atoms with Crippen molar-refractivity contribution in [3.63, 3.8) is 0 Å². The van der Waals surface area contributed by atoms with Crippen LogP contribution in [0.5, 0.6) is 0 Å². The van der Waals surface area contributed by atoms with Gasteiger partial charge in [-0.05, 0) is 56.2 Å². The van der Waals surface area contributed by atoms with Crippen LogP contribution in [0.15, 0.2) is 60.7 Å². The molecule has 0 saturated heterocycles. The van der Waals surface area contributed by atoms with Gasteiger partial charge in [0.2, 0.25) is 0 Å². The van der Waals surface area contributed by atoms with Gasteiger partial charge in [-0.2, -0.15) is 0 Å². The molecule has 0 N–H and O–H groups in total. The lowest BCUT2D eigenvalue weighted by molar-refractivity contribution is 0.588. The van der Waals surface area contributed by atoms with Crippen molar-refractivity contribution >= 4 is 11.6 Å². The van der Waals surface area contributed by atoms with Crippen molar-refractivity contribution < 1.29 is 0 Å². The molecular weight excluding hydrogens is 396 g/mol. The van der Waals surface area contributed by atoms with Crippen molar-refractivity contribution in [3.05, 3.63) is 82.4 Å². The molecule has 0 heterocycles. The maximum absolute atomic E-state index is 7.24. The fourth-order valence-corrected chi connectivity index (χ4v) is 4.51. The lowest BCUT2D eigenvalue weighted by atomic mass is 9.77. The van der Waals surface area contributed by atoms with Gasteiger partial charge in [0.15, 0.2) is 0 Å². The highest BCUT2D eigenvalue weighted by atomic mass is 35.5. The van der Waals surface area contributed by atoms with Crippen molar-refractivity contribution in [2.24, 2.45) is 0 Å². The number of hydrogen-bond donors (Lipinski definition) is 0. The lowest BCUT2D eigenvalue weighted by Gasteiger charge is -2.28. The van der Waals surface area contributed by atoms with Crippen LogP contribution in [0.3, 0.4) is 0 Å². The molecule has 31 heavy (non-hydrogen) atoms. The van der Waals surface area contributed by atoms with E-state index in [-0.39, 0.29) is 16.2 Å². The molecule has 3 aromatic carbocycles. The zero-order valence-corrected chi connectivity index (χ0v) is 21.4. The Morgan fingerprint density at radius 2 is 0.839 bits per heavy atom. The first kappa shape index (κ1) is 23.6. The quantitative estimate of drug-likeness (QED) is 0.378. The van der Waals surface area contributed by atoms with Crippen molar-refractivity contribution in [3.8, 4) is 22.3 Å². The van der Waals surface area contributed by atoms with Crippen LogP contribution in [0.25, 0.3) is 22.3 Å². The van der Waals surface area contributed by atoms with Crippen LogP contribution in [0.4, 0.5) is 0 Å². The second kappa shape index (κ2) is 8.14. The fourth-order valence-electron chi connectivity index (χ4n) is 4.19. The molecule has 0 aliphatic carbocycles. The summed E-state index contributed by atoms with van der Waals surface area (Å²) in [5, 5.41) is 0.835. The van der Waals surface area contributed by atoms with Gasteiger partial charge in [-0.15, -0.1) is 0 Å². The van der Waals surface area contributed by atoms with Gasteiger partial charge in [-0.25, -0.2) is 0 Å². The Bertz CT molecular complexity index is 1000. The zero-order chi connectivity index (χ0) is 23.2. The van der Waals surface area contributed by atoms with E-state index in [1.54, 1.807) is 0 Å². The molecule has 0 fully saturated rings. The Balaban J connectivity index is 2.42. The number of benzene rings is 3. The monoisotopic (exact) mass is 432 g/mol. The molecule has 0 aliphatic heterocycles. The van der Waals surface area contributed by atoms with E-state index in [1.165, 1.54) is 27.8 Å². The van der Waals surface area contributed by atoms with Crippen LogP contribution < -0.4 is 0 Å². The Hall–Kier alpha value is -2.05. The van der Waals surface area contributed by atoms with Gasteiger partial charge in [0.05, 0.1) is 5.02 Å². The SMILES string of the molecule is CC(C)(C)c1cc(-c2ccccc2C(C)(C)C)c(Cl)c(-c2ccccc2C(C)(C)C)c1. The Labute approximate surface area is 194 Å². The molecule has 0 aromatic heterocycles. The van der Waals surface area contributed by atoms with Crippen LogP contribution >= 0.6 is 11.6 Å². The molecule has 0 radical (unpaired) electrons. The third-order valence-electron chi connectivity index (χ3n) is 5.99. The number of rotatable bonds is 2. The summed E-state index contributed by atoms with van der Waals surface area (Å²) < 4.78 is 0. The minimum absolute atomic E-state index is 0.0153. The average Bonchev–Trinajstić information content (AvgIpc) is 2.66. The van der Waals surface area contributed by atoms with E-state index in [0.717, 1.165) is 16.1 Å². The molecule has 0 bridgehead atoms. The molecule has 0 spiro atoms. The van der Waals surface area contributed by atoms with Gasteiger partial charge in [0.1, 0.15) is 0 Å².